The van der Waals surface area contributed by atoms with Gasteiger partial charge in [0.25, 0.3) is 0 Å². The Morgan fingerprint density at radius 2 is 2.25 bits per heavy atom. The molecule has 0 aliphatic carbocycles. The van der Waals surface area contributed by atoms with Gasteiger partial charge in [-0.3, -0.25) is 4.79 Å². The third-order valence-corrected chi connectivity index (χ3v) is 2.55. The lowest BCUT2D eigenvalue weighted by Gasteiger charge is -2.07. The Morgan fingerprint density at radius 1 is 1.58 bits per heavy atom. The van der Waals surface area contributed by atoms with E-state index in [-0.39, 0.29) is 11.2 Å². The number of esters is 1. The minimum atomic E-state index is -0.114. The lowest BCUT2D eigenvalue weighted by molar-refractivity contribution is -0.143. The summed E-state index contributed by atoms with van der Waals surface area (Å²) in [7, 11) is 0. The van der Waals surface area contributed by atoms with Gasteiger partial charge in [-0.05, 0) is 12.8 Å². The van der Waals surface area contributed by atoms with Gasteiger partial charge in [0.05, 0.1) is 6.61 Å². The number of rotatable bonds is 6. The van der Waals surface area contributed by atoms with Crippen molar-refractivity contribution in [3.05, 3.63) is 0 Å². The Balaban J connectivity index is 3.24. The number of hydrogen-bond acceptors (Lipinski definition) is 4. The van der Waals surface area contributed by atoms with Gasteiger partial charge in [0, 0.05) is 17.4 Å². The molecule has 2 nitrogen and oxygen atoms in total. The second-order valence-corrected chi connectivity index (χ2v) is 3.69. The molecule has 72 valence electrons. The van der Waals surface area contributed by atoms with Gasteiger partial charge in [0.2, 0.25) is 0 Å². The predicted molar refractivity (Wildman–Crippen MR) is 57.1 cm³/mol. The molecule has 0 aromatic carbocycles. The van der Waals surface area contributed by atoms with Crippen LogP contribution in [0.5, 0.6) is 0 Å². The van der Waals surface area contributed by atoms with Gasteiger partial charge in [-0.15, -0.1) is 0 Å². The van der Waals surface area contributed by atoms with E-state index < -0.39 is 0 Å². The Labute approximate surface area is 84.9 Å². The first kappa shape index (κ1) is 12.2. The van der Waals surface area contributed by atoms with Crippen LogP contribution in [0, 0.1) is 0 Å². The lowest BCUT2D eigenvalue weighted by atomic mass is 10.3. The van der Waals surface area contributed by atoms with Crippen LogP contribution in [0.2, 0.25) is 0 Å². The van der Waals surface area contributed by atoms with Crippen LogP contribution in [0.15, 0.2) is 0 Å². The maximum atomic E-state index is 10.8. The average Bonchev–Trinajstić information content (AvgIpc) is 2.04. The second-order valence-electron chi connectivity index (χ2n) is 2.60. The molecule has 0 heterocycles. The van der Waals surface area contributed by atoms with E-state index in [1.165, 1.54) is 0 Å². The highest BCUT2D eigenvalue weighted by molar-refractivity contribution is 7.84. The first-order chi connectivity index (χ1) is 5.70. The average molecular weight is 208 g/mol. The summed E-state index contributed by atoms with van der Waals surface area (Å²) in [5.74, 6) is 0.603. The standard InChI is InChI=1S/C8H16O2S2/c1-2-3-8(9)10-5-4-7(12)6-11/h7,11-12H,2-6H2,1H3. The molecule has 0 aromatic rings. The first-order valence-electron chi connectivity index (χ1n) is 4.15. The SMILES string of the molecule is CCCC(=O)OCCC(S)CS. The highest BCUT2D eigenvalue weighted by Crippen LogP contribution is 2.03. The molecule has 12 heavy (non-hydrogen) atoms. The van der Waals surface area contributed by atoms with Crippen LogP contribution in [0.25, 0.3) is 0 Å². The quantitative estimate of drug-likeness (QED) is 0.515. The summed E-state index contributed by atoms with van der Waals surface area (Å²) in [5.41, 5.74) is 0. The first-order valence-corrected chi connectivity index (χ1v) is 5.30. The second kappa shape index (κ2) is 7.80. The third-order valence-electron chi connectivity index (χ3n) is 1.38. The van der Waals surface area contributed by atoms with Crippen molar-refractivity contribution in [1.82, 2.24) is 0 Å². The monoisotopic (exact) mass is 208 g/mol. The van der Waals surface area contributed by atoms with Gasteiger partial charge in [0.1, 0.15) is 0 Å². The van der Waals surface area contributed by atoms with Gasteiger partial charge in [-0.25, -0.2) is 0 Å². The fraction of sp³-hybridized carbons (Fsp3) is 0.875. The van der Waals surface area contributed by atoms with Crippen molar-refractivity contribution in [2.24, 2.45) is 0 Å². The fourth-order valence-electron chi connectivity index (χ4n) is 0.676. The highest BCUT2D eigenvalue weighted by atomic mass is 32.1. The molecule has 0 radical (unpaired) electrons. The van der Waals surface area contributed by atoms with Crippen molar-refractivity contribution < 1.29 is 9.53 Å². The largest absolute Gasteiger partial charge is 0.466 e. The van der Waals surface area contributed by atoms with Gasteiger partial charge >= 0.3 is 5.97 Å². The molecule has 0 bridgehead atoms. The summed E-state index contributed by atoms with van der Waals surface area (Å²) in [5, 5.41) is 0.225. The van der Waals surface area contributed by atoms with Gasteiger partial charge in [0.15, 0.2) is 0 Å². The van der Waals surface area contributed by atoms with Crippen LogP contribution in [-0.2, 0) is 9.53 Å². The van der Waals surface area contributed by atoms with Crippen molar-refractivity contribution >= 4 is 31.2 Å². The summed E-state index contributed by atoms with van der Waals surface area (Å²) >= 11 is 8.28. The van der Waals surface area contributed by atoms with Crippen LogP contribution in [-0.4, -0.2) is 23.6 Å². The Hall–Kier alpha value is 0.170. The Morgan fingerprint density at radius 3 is 2.75 bits per heavy atom. The lowest BCUT2D eigenvalue weighted by Crippen LogP contribution is -2.10. The molecule has 0 aliphatic heterocycles. The molecule has 0 rings (SSSR count). The van der Waals surface area contributed by atoms with E-state index in [1.54, 1.807) is 0 Å². The third kappa shape index (κ3) is 6.85. The number of carbonyl (C=O) groups excluding carboxylic acids is 1. The number of hydrogen-bond donors (Lipinski definition) is 2. The minimum Gasteiger partial charge on any atom is -0.466 e. The molecule has 0 aromatic heterocycles. The smallest absolute Gasteiger partial charge is 0.305 e. The zero-order valence-electron chi connectivity index (χ0n) is 7.32. The molecule has 4 heteroatoms. The van der Waals surface area contributed by atoms with Crippen LogP contribution < -0.4 is 0 Å². The van der Waals surface area contributed by atoms with Crippen molar-refractivity contribution in [3.8, 4) is 0 Å². The van der Waals surface area contributed by atoms with Crippen LogP contribution in [0.3, 0.4) is 0 Å². The summed E-state index contributed by atoms with van der Waals surface area (Å²) in [4.78, 5) is 10.8. The zero-order valence-corrected chi connectivity index (χ0v) is 9.11. The maximum Gasteiger partial charge on any atom is 0.305 e. The maximum absolute atomic E-state index is 10.8. The molecular weight excluding hydrogens is 192 g/mol. The number of ether oxygens (including phenoxy) is 1. The summed E-state index contributed by atoms with van der Waals surface area (Å²) in [6.45, 7) is 2.42. The van der Waals surface area contributed by atoms with E-state index in [0.29, 0.717) is 18.8 Å². The van der Waals surface area contributed by atoms with Crippen molar-refractivity contribution in [2.45, 2.75) is 31.4 Å². The van der Waals surface area contributed by atoms with Crippen molar-refractivity contribution in [2.75, 3.05) is 12.4 Å². The normalized spacial score (nSPS) is 12.6. The fourth-order valence-corrected chi connectivity index (χ4v) is 0.964. The summed E-state index contributed by atoms with van der Waals surface area (Å²) in [6.07, 6.45) is 2.13. The van der Waals surface area contributed by atoms with Crippen LogP contribution in [0.1, 0.15) is 26.2 Å². The molecule has 0 amide bonds. The number of carbonyl (C=O) groups is 1. The molecule has 1 unspecified atom stereocenters. The molecule has 0 N–H and O–H groups in total. The van der Waals surface area contributed by atoms with Gasteiger partial charge < -0.3 is 4.74 Å². The van der Waals surface area contributed by atoms with Gasteiger partial charge in [-0.2, -0.15) is 25.3 Å². The Bertz CT molecular complexity index is 128. The molecule has 0 saturated carbocycles. The molecule has 1 atom stereocenters. The summed E-state index contributed by atoms with van der Waals surface area (Å²) in [6, 6.07) is 0. The molecule has 0 saturated heterocycles. The van der Waals surface area contributed by atoms with E-state index in [4.69, 9.17) is 4.74 Å². The topological polar surface area (TPSA) is 26.3 Å². The predicted octanol–water partition coefficient (Wildman–Crippen LogP) is 1.95. The Kier molecular flexibility index (Phi) is 7.91. The van der Waals surface area contributed by atoms with Crippen LogP contribution in [0.4, 0.5) is 0 Å². The molecular formula is C8H16O2S2. The van der Waals surface area contributed by atoms with E-state index >= 15 is 0 Å². The van der Waals surface area contributed by atoms with E-state index in [2.05, 4.69) is 25.3 Å². The van der Waals surface area contributed by atoms with E-state index in [0.717, 1.165) is 12.8 Å². The van der Waals surface area contributed by atoms with E-state index in [9.17, 15) is 4.79 Å². The van der Waals surface area contributed by atoms with Crippen molar-refractivity contribution in [1.29, 1.82) is 0 Å². The van der Waals surface area contributed by atoms with Crippen LogP contribution >= 0.6 is 25.3 Å². The minimum absolute atomic E-state index is 0.114. The summed E-state index contributed by atoms with van der Waals surface area (Å²) < 4.78 is 4.93. The van der Waals surface area contributed by atoms with Gasteiger partial charge in [-0.1, -0.05) is 6.92 Å². The highest BCUT2D eigenvalue weighted by Gasteiger charge is 2.03. The molecule has 0 fully saturated rings. The van der Waals surface area contributed by atoms with E-state index in [1.807, 2.05) is 6.92 Å². The number of thiol groups is 2. The molecule has 0 aliphatic rings. The zero-order chi connectivity index (χ0) is 9.40. The molecule has 0 spiro atoms. The van der Waals surface area contributed by atoms with Crippen molar-refractivity contribution in [3.63, 3.8) is 0 Å².